The molecule has 0 N–H and O–H groups in total. The van der Waals surface area contributed by atoms with Crippen molar-refractivity contribution in [1.29, 1.82) is 5.26 Å². The van der Waals surface area contributed by atoms with Crippen molar-refractivity contribution in [2.45, 2.75) is 27.2 Å². The van der Waals surface area contributed by atoms with Gasteiger partial charge in [0.25, 0.3) is 0 Å². The summed E-state index contributed by atoms with van der Waals surface area (Å²) in [7, 11) is 0. The fourth-order valence-electron chi connectivity index (χ4n) is 1.37. The summed E-state index contributed by atoms with van der Waals surface area (Å²) in [5.41, 5.74) is 1.10. The first-order chi connectivity index (χ1) is 6.42. The van der Waals surface area contributed by atoms with Gasteiger partial charge in [0.2, 0.25) is 5.91 Å². The highest BCUT2D eigenvalue weighted by Crippen LogP contribution is 2.23. The molecule has 0 spiro atoms. The van der Waals surface area contributed by atoms with Crippen LogP contribution >= 0.6 is 0 Å². The topological polar surface area (TPSA) is 44.1 Å². The van der Waals surface area contributed by atoms with E-state index in [1.165, 1.54) is 6.08 Å². The van der Waals surface area contributed by atoms with Crippen molar-refractivity contribution in [3.05, 3.63) is 11.6 Å². The predicted octanol–water partition coefficient (Wildman–Crippen LogP) is 1.71. The number of hydrogen-bond donors (Lipinski definition) is 0. The normalized spacial score (nSPS) is 15.9. The Morgan fingerprint density at radius 2 is 2.14 bits per heavy atom. The molecule has 3 heteroatoms. The van der Waals surface area contributed by atoms with Crippen LogP contribution in [0.3, 0.4) is 0 Å². The minimum atomic E-state index is 0.0474. The van der Waals surface area contributed by atoms with Crippen molar-refractivity contribution in [3.63, 3.8) is 0 Å². The van der Waals surface area contributed by atoms with Crippen LogP contribution in [0.1, 0.15) is 27.2 Å². The van der Waals surface area contributed by atoms with Crippen LogP contribution in [0.4, 0.5) is 0 Å². The summed E-state index contributed by atoms with van der Waals surface area (Å²) in [6.45, 7) is 7.44. The molecular formula is C11H16N2O. The fourth-order valence-corrected chi connectivity index (χ4v) is 1.37. The Hall–Kier alpha value is -1.30. The predicted molar refractivity (Wildman–Crippen MR) is 54.3 cm³/mol. The molecule has 0 unspecified atom stereocenters. The molecule has 0 aromatic rings. The maximum Gasteiger partial charge on any atom is 0.223 e. The van der Waals surface area contributed by atoms with E-state index in [0.717, 1.165) is 5.57 Å². The molecule has 0 aromatic carbocycles. The average Bonchev–Trinajstić information content (AvgIpc) is 1.91. The number of rotatable bonds is 1. The van der Waals surface area contributed by atoms with Gasteiger partial charge in [-0.3, -0.25) is 4.79 Å². The van der Waals surface area contributed by atoms with E-state index in [9.17, 15) is 4.79 Å². The first-order valence-electron chi connectivity index (χ1n) is 4.78. The van der Waals surface area contributed by atoms with Crippen LogP contribution in [-0.2, 0) is 4.79 Å². The van der Waals surface area contributed by atoms with Gasteiger partial charge >= 0.3 is 0 Å². The molecule has 0 atom stereocenters. The van der Waals surface area contributed by atoms with Crippen LogP contribution in [0, 0.1) is 16.7 Å². The van der Waals surface area contributed by atoms with E-state index >= 15 is 0 Å². The Bertz CT molecular complexity index is 296. The zero-order valence-electron chi connectivity index (χ0n) is 9.00. The summed E-state index contributed by atoms with van der Waals surface area (Å²) in [6, 6.07) is 1.98. The molecule has 3 nitrogen and oxygen atoms in total. The lowest BCUT2D eigenvalue weighted by molar-refractivity contribution is -0.134. The number of nitrogens with zero attached hydrogens (tertiary/aromatic N) is 2. The number of allylic oxidation sites excluding steroid dienone is 1. The first kappa shape index (κ1) is 10.8. The maximum atomic E-state index is 11.6. The highest BCUT2D eigenvalue weighted by molar-refractivity contribution is 5.78. The van der Waals surface area contributed by atoms with Gasteiger partial charge in [0.05, 0.1) is 6.07 Å². The molecule has 0 aliphatic carbocycles. The molecule has 1 saturated heterocycles. The summed E-state index contributed by atoms with van der Waals surface area (Å²) in [6.07, 6.45) is 2.10. The molecule has 1 heterocycles. The van der Waals surface area contributed by atoms with Crippen LogP contribution in [0.2, 0.25) is 0 Å². The lowest BCUT2D eigenvalue weighted by Gasteiger charge is -2.35. The van der Waals surface area contributed by atoms with Crippen molar-refractivity contribution in [1.82, 2.24) is 4.90 Å². The van der Waals surface area contributed by atoms with Gasteiger partial charge in [-0.2, -0.15) is 5.26 Å². The number of amides is 1. The minimum Gasteiger partial charge on any atom is -0.334 e. The fraction of sp³-hybridized carbons (Fsp3) is 0.636. The number of nitriles is 1. The van der Waals surface area contributed by atoms with Crippen molar-refractivity contribution in [3.8, 4) is 6.07 Å². The highest BCUT2D eigenvalue weighted by Gasteiger charge is 2.27. The van der Waals surface area contributed by atoms with Crippen molar-refractivity contribution >= 4 is 5.91 Å². The maximum absolute atomic E-state index is 11.6. The van der Waals surface area contributed by atoms with Gasteiger partial charge in [0.15, 0.2) is 0 Å². The lowest BCUT2D eigenvalue weighted by Crippen LogP contribution is -2.45. The third kappa shape index (κ3) is 2.88. The molecule has 1 aliphatic rings. The molecule has 0 saturated carbocycles. The van der Waals surface area contributed by atoms with Gasteiger partial charge in [0, 0.05) is 25.6 Å². The van der Waals surface area contributed by atoms with Crippen molar-refractivity contribution in [2.24, 2.45) is 5.41 Å². The minimum absolute atomic E-state index is 0.0474. The number of carbonyl (C=O) groups excluding carboxylic acids is 1. The van der Waals surface area contributed by atoms with E-state index in [1.54, 1.807) is 4.90 Å². The van der Waals surface area contributed by atoms with Gasteiger partial charge in [0.1, 0.15) is 0 Å². The number of hydrogen-bond acceptors (Lipinski definition) is 2. The molecular weight excluding hydrogens is 176 g/mol. The zero-order valence-corrected chi connectivity index (χ0v) is 9.00. The molecule has 0 bridgehead atoms. The van der Waals surface area contributed by atoms with Crippen molar-refractivity contribution in [2.75, 3.05) is 13.1 Å². The van der Waals surface area contributed by atoms with E-state index in [2.05, 4.69) is 20.8 Å². The molecule has 1 fully saturated rings. The van der Waals surface area contributed by atoms with Crippen LogP contribution < -0.4 is 0 Å². The van der Waals surface area contributed by atoms with Crippen LogP contribution in [-0.4, -0.2) is 23.9 Å². The van der Waals surface area contributed by atoms with Gasteiger partial charge < -0.3 is 4.90 Å². The second-order valence-corrected chi connectivity index (χ2v) is 4.92. The monoisotopic (exact) mass is 192 g/mol. The largest absolute Gasteiger partial charge is 0.334 e. The van der Waals surface area contributed by atoms with Crippen LogP contribution in [0.15, 0.2) is 11.6 Å². The Morgan fingerprint density at radius 3 is 2.57 bits per heavy atom. The summed E-state index contributed by atoms with van der Waals surface area (Å²) in [5.74, 6) is 0.188. The Morgan fingerprint density at radius 1 is 1.57 bits per heavy atom. The number of carbonyl (C=O) groups is 1. The Labute approximate surface area is 85.0 Å². The van der Waals surface area contributed by atoms with Gasteiger partial charge in [-0.05, 0) is 11.0 Å². The van der Waals surface area contributed by atoms with Crippen LogP contribution in [0.25, 0.3) is 0 Å². The summed E-state index contributed by atoms with van der Waals surface area (Å²) >= 11 is 0. The average molecular weight is 192 g/mol. The second-order valence-electron chi connectivity index (χ2n) is 4.92. The Kier molecular flexibility index (Phi) is 2.95. The standard InChI is InChI=1S/C11H16N2O/c1-11(2,3)6-10(14)13-7-9(8-13)4-5-12/h4H,6-8H2,1-3H3. The van der Waals surface area contributed by atoms with Crippen LogP contribution in [0.5, 0.6) is 0 Å². The molecule has 76 valence electrons. The van der Waals surface area contributed by atoms with Gasteiger partial charge in [-0.1, -0.05) is 20.8 Å². The lowest BCUT2D eigenvalue weighted by atomic mass is 9.90. The van der Waals surface area contributed by atoms with E-state index in [1.807, 2.05) is 6.07 Å². The first-order valence-corrected chi connectivity index (χ1v) is 4.78. The Balaban J connectivity index is 2.38. The number of likely N-dealkylation sites (tertiary alicyclic amines) is 1. The molecule has 1 aliphatic heterocycles. The third-order valence-corrected chi connectivity index (χ3v) is 2.09. The van der Waals surface area contributed by atoms with E-state index in [4.69, 9.17) is 5.26 Å². The summed E-state index contributed by atoms with van der Waals surface area (Å²) in [5, 5.41) is 8.38. The SMILES string of the molecule is CC(C)(C)CC(=O)N1CC(=CC#N)C1. The molecule has 0 aromatic heterocycles. The molecule has 1 amide bonds. The van der Waals surface area contributed by atoms with Gasteiger partial charge in [-0.25, -0.2) is 0 Å². The molecule has 0 radical (unpaired) electrons. The van der Waals surface area contributed by atoms with E-state index in [-0.39, 0.29) is 11.3 Å². The summed E-state index contributed by atoms with van der Waals surface area (Å²) < 4.78 is 0. The summed E-state index contributed by atoms with van der Waals surface area (Å²) in [4.78, 5) is 13.4. The molecule has 1 rings (SSSR count). The molecule has 14 heavy (non-hydrogen) atoms. The van der Waals surface area contributed by atoms with E-state index < -0.39 is 0 Å². The smallest absolute Gasteiger partial charge is 0.223 e. The highest BCUT2D eigenvalue weighted by atomic mass is 16.2. The third-order valence-electron chi connectivity index (χ3n) is 2.09. The zero-order chi connectivity index (χ0) is 10.8. The van der Waals surface area contributed by atoms with Crippen molar-refractivity contribution < 1.29 is 4.79 Å². The second kappa shape index (κ2) is 3.83. The van der Waals surface area contributed by atoms with Gasteiger partial charge in [-0.15, -0.1) is 0 Å². The van der Waals surface area contributed by atoms with E-state index in [0.29, 0.717) is 19.5 Å². The quantitative estimate of drug-likeness (QED) is 0.594.